The minimum absolute atomic E-state index is 0.899. The summed E-state index contributed by atoms with van der Waals surface area (Å²) in [5, 5.41) is 4.47. The van der Waals surface area contributed by atoms with Crippen molar-refractivity contribution in [2.75, 3.05) is 32.5 Å². The van der Waals surface area contributed by atoms with Crippen molar-refractivity contribution in [1.82, 2.24) is 9.88 Å². The lowest BCUT2D eigenvalue weighted by Gasteiger charge is -2.11. The molecule has 90 valence electrons. The van der Waals surface area contributed by atoms with Gasteiger partial charge in [0, 0.05) is 22.9 Å². The van der Waals surface area contributed by atoms with Crippen LogP contribution in [0.3, 0.4) is 0 Å². The molecule has 1 N–H and O–H groups in total. The largest absolute Gasteiger partial charge is 0.369 e. The Kier molecular flexibility index (Phi) is 3.97. The highest BCUT2D eigenvalue weighted by Crippen LogP contribution is 2.23. The Bertz CT molecular complexity index is 511. The van der Waals surface area contributed by atoms with E-state index in [0.717, 1.165) is 34.3 Å². The van der Waals surface area contributed by atoms with Crippen LogP contribution in [0.1, 0.15) is 0 Å². The molecule has 0 saturated carbocycles. The van der Waals surface area contributed by atoms with Crippen molar-refractivity contribution in [3.8, 4) is 0 Å². The summed E-state index contributed by atoms with van der Waals surface area (Å²) in [6.07, 6.45) is 0. The number of para-hydroxylation sites is 1. The first kappa shape index (κ1) is 12.3. The van der Waals surface area contributed by atoms with Crippen molar-refractivity contribution >= 4 is 32.7 Å². The van der Waals surface area contributed by atoms with E-state index in [1.807, 2.05) is 18.2 Å². The van der Waals surface area contributed by atoms with Gasteiger partial charge in [-0.3, -0.25) is 0 Å². The third-order valence-corrected chi connectivity index (χ3v) is 3.18. The number of likely N-dealkylation sites (N-methyl/N-ethyl adjacent to an activating group) is 1. The maximum absolute atomic E-state index is 4.60. The second-order valence-electron chi connectivity index (χ2n) is 4.24. The second kappa shape index (κ2) is 5.47. The maximum atomic E-state index is 4.60. The van der Waals surface area contributed by atoms with Crippen LogP contribution in [0.4, 0.5) is 5.82 Å². The summed E-state index contributed by atoms with van der Waals surface area (Å²) in [6.45, 7) is 1.89. The standard InChI is InChI=1S/C13H16BrN3/c1-17(2)9-8-15-12-7-6-10-4-3-5-11(14)13(10)16-12/h3-7H,8-9H2,1-2H3,(H,15,16). The average Bonchev–Trinajstić information content (AvgIpc) is 2.30. The number of nitrogens with one attached hydrogen (secondary N) is 1. The number of hydrogen-bond donors (Lipinski definition) is 1. The van der Waals surface area contributed by atoms with Crippen molar-refractivity contribution in [2.45, 2.75) is 0 Å². The molecule has 1 aromatic heterocycles. The zero-order valence-corrected chi connectivity index (χ0v) is 11.7. The molecular formula is C13H16BrN3. The number of anilines is 1. The summed E-state index contributed by atoms with van der Waals surface area (Å²) in [6, 6.07) is 10.2. The van der Waals surface area contributed by atoms with Crippen molar-refractivity contribution in [1.29, 1.82) is 0 Å². The van der Waals surface area contributed by atoms with Crippen LogP contribution in [0.5, 0.6) is 0 Å². The van der Waals surface area contributed by atoms with E-state index in [0.29, 0.717) is 0 Å². The first-order valence-corrected chi connectivity index (χ1v) is 6.40. The van der Waals surface area contributed by atoms with Gasteiger partial charge in [-0.05, 0) is 48.2 Å². The van der Waals surface area contributed by atoms with Crippen LogP contribution in [0, 0.1) is 0 Å². The molecule has 0 saturated heterocycles. The molecule has 0 aliphatic carbocycles. The predicted molar refractivity (Wildman–Crippen MR) is 76.5 cm³/mol. The quantitative estimate of drug-likeness (QED) is 0.939. The minimum atomic E-state index is 0.899. The SMILES string of the molecule is CN(C)CCNc1ccc2cccc(Br)c2n1. The van der Waals surface area contributed by atoms with Gasteiger partial charge in [-0.2, -0.15) is 0 Å². The Morgan fingerprint density at radius 3 is 2.82 bits per heavy atom. The van der Waals surface area contributed by atoms with Crippen molar-refractivity contribution in [2.24, 2.45) is 0 Å². The molecular weight excluding hydrogens is 278 g/mol. The molecule has 0 amide bonds. The average molecular weight is 294 g/mol. The number of rotatable bonds is 4. The number of benzene rings is 1. The highest BCUT2D eigenvalue weighted by atomic mass is 79.9. The van der Waals surface area contributed by atoms with Gasteiger partial charge in [0.1, 0.15) is 5.82 Å². The number of nitrogens with zero attached hydrogens (tertiary/aromatic N) is 2. The molecule has 0 spiro atoms. The molecule has 3 nitrogen and oxygen atoms in total. The van der Waals surface area contributed by atoms with E-state index < -0.39 is 0 Å². The lowest BCUT2D eigenvalue weighted by molar-refractivity contribution is 0.425. The molecule has 0 radical (unpaired) electrons. The number of pyridine rings is 1. The smallest absolute Gasteiger partial charge is 0.126 e. The molecule has 1 heterocycles. The molecule has 0 bridgehead atoms. The van der Waals surface area contributed by atoms with Crippen LogP contribution in [0.15, 0.2) is 34.8 Å². The molecule has 0 fully saturated rings. The lowest BCUT2D eigenvalue weighted by atomic mass is 10.2. The van der Waals surface area contributed by atoms with Crippen LogP contribution in [-0.2, 0) is 0 Å². The van der Waals surface area contributed by atoms with Crippen molar-refractivity contribution < 1.29 is 0 Å². The van der Waals surface area contributed by atoms with Crippen molar-refractivity contribution in [3.63, 3.8) is 0 Å². The predicted octanol–water partition coefficient (Wildman–Crippen LogP) is 2.97. The monoisotopic (exact) mass is 293 g/mol. The summed E-state index contributed by atoms with van der Waals surface area (Å²) in [7, 11) is 4.12. The number of aromatic nitrogens is 1. The molecule has 17 heavy (non-hydrogen) atoms. The molecule has 0 aliphatic heterocycles. The van der Waals surface area contributed by atoms with Gasteiger partial charge in [0.25, 0.3) is 0 Å². The normalized spacial score (nSPS) is 11.1. The number of fused-ring (bicyclic) bond motifs is 1. The summed E-state index contributed by atoms with van der Waals surface area (Å²) in [4.78, 5) is 6.74. The fraction of sp³-hybridized carbons (Fsp3) is 0.308. The van der Waals surface area contributed by atoms with Gasteiger partial charge in [-0.25, -0.2) is 4.98 Å². The van der Waals surface area contributed by atoms with Crippen LogP contribution >= 0.6 is 15.9 Å². The number of hydrogen-bond acceptors (Lipinski definition) is 3. The van der Waals surface area contributed by atoms with Crippen LogP contribution in [0.25, 0.3) is 10.9 Å². The Morgan fingerprint density at radius 2 is 2.06 bits per heavy atom. The molecule has 2 aromatic rings. The van der Waals surface area contributed by atoms with Crippen LogP contribution < -0.4 is 5.32 Å². The van der Waals surface area contributed by atoms with Crippen LogP contribution in [-0.4, -0.2) is 37.1 Å². The third kappa shape index (κ3) is 3.17. The van der Waals surface area contributed by atoms with E-state index in [2.05, 4.69) is 57.4 Å². The third-order valence-electron chi connectivity index (χ3n) is 2.54. The first-order valence-electron chi connectivity index (χ1n) is 5.61. The van der Waals surface area contributed by atoms with Gasteiger partial charge in [-0.1, -0.05) is 12.1 Å². The highest BCUT2D eigenvalue weighted by molar-refractivity contribution is 9.10. The molecule has 2 rings (SSSR count). The Hall–Kier alpha value is -1.13. The maximum Gasteiger partial charge on any atom is 0.126 e. The highest BCUT2D eigenvalue weighted by Gasteiger charge is 2.01. The van der Waals surface area contributed by atoms with Gasteiger partial charge >= 0.3 is 0 Å². The fourth-order valence-electron chi connectivity index (χ4n) is 1.62. The minimum Gasteiger partial charge on any atom is -0.369 e. The Labute approximate surface area is 110 Å². The zero-order valence-electron chi connectivity index (χ0n) is 10.1. The molecule has 0 unspecified atom stereocenters. The molecule has 0 atom stereocenters. The second-order valence-corrected chi connectivity index (χ2v) is 5.09. The van der Waals surface area contributed by atoms with Gasteiger partial charge in [0.05, 0.1) is 5.52 Å². The summed E-state index contributed by atoms with van der Waals surface area (Å²) < 4.78 is 1.03. The van der Waals surface area contributed by atoms with E-state index in [1.54, 1.807) is 0 Å². The Morgan fingerprint density at radius 1 is 1.24 bits per heavy atom. The molecule has 1 aromatic carbocycles. The summed E-state index contributed by atoms with van der Waals surface area (Å²) in [5.74, 6) is 0.922. The lowest BCUT2D eigenvalue weighted by Crippen LogP contribution is -2.21. The van der Waals surface area contributed by atoms with E-state index in [4.69, 9.17) is 0 Å². The molecule has 0 aliphatic rings. The summed E-state index contributed by atoms with van der Waals surface area (Å²) in [5.41, 5.74) is 1.00. The van der Waals surface area contributed by atoms with E-state index in [1.165, 1.54) is 0 Å². The fourth-order valence-corrected chi connectivity index (χ4v) is 2.09. The number of halogens is 1. The Balaban J connectivity index is 2.17. The van der Waals surface area contributed by atoms with Gasteiger partial charge in [0.15, 0.2) is 0 Å². The van der Waals surface area contributed by atoms with E-state index in [9.17, 15) is 0 Å². The zero-order chi connectivity index (χ0) is 12.3. The van der Waals surface area contributed by atoms with Crippen LogP contribution in [0.2, 0.25) is 0 Å². The van der Waals surface area contributed by atoms with Gasteiger partial charge in [-0.15, -0.1) is 0 Å². The van der Waals surface area contributed by atoms with E-state index in [-0.39, 0.29) is 0 Å². The topological polar surface area (TPSA) is 28.2 Å². The van der Waals surface area contributed by atoms with Gasteiger partial charge in [0.2, 0.25) is 0 Å². The molecule has 4 heteroatoms. The van der Waals surface area contributed by atoms with E-state index >= 15 is 0 Å². The van der Waals surface area contributed by atoms with Crippen molar-refractivity contribution in [3.05, 3.63) is 34.8 Å². The first-order chi connectivity index (χ1) is 8.16. The van der Waals surface area contributed by atoms with Gasteiger partial charge < -0.3 is 10.2 Å². The summed E-state index contributed by atoms with van der Waals surface area (Å²) >= 11 is 3.52.